The summed E-state index contributed by atoms with van der Waals surface area (Å²) < 4.78 is 11.5. The van der Waals surface area contributed by atoms with Crippen LogP contribution in [0.15, 0.2) is 16.7 Å². The Kier molecular flexibility index (Phi) is 5.34. The molecule has 1 fully saturated rings. The minimum Gasteiger partial charge on any atom is -0.369 e. The van der Waals surface area contributed by atoms with Crippen molar-refractivity contribution in [2.75, 3.05) is 19.7 Å². The number of fused-ring (bicyclic) bond motifs is 2. The van der Waals surface area contributed by atoms with Gasteiger partial charge in [0, 0.05) is 10.9 Å². The Morgan fingerprint density at radius 2 is 2.19 bits per heavy atom. The number of hydrogen-bond acceptors (Lipinski definition) is 6. The number of carbonyl (C=O) groups is 1. The van der Waals surface area contributed by atoms with E-state index in [2.05, 4.69) is 29.6 Å². The molecular weight excluding hydrogens is 362 g/mol. The normalized spacial score (nSPS) is 18.6. The van der Waals surface area contributed by atoms with Crippen molar-refractivity contribution in [2.24, 2.45) is 5.92 Å². The van der Waals surface area contributed by atoms with E-state index in [-0.39, 0.29) is 11.5 Å². The van der Waals surface area contributed by atoms with Gasteiger partial charge >= 0.3 is 0 Å². The molecule has 0 radical (unpaired) electrons. The van der Waals surface area contributed by atoms with E-state index in [1.807, 2.05) is 12.1 Å². The molecule has 2 aliphatic heterocycles. The minimum atomic E-state index is -0.196. The molecule has 0 bridgehead atoms. The minimum absolute atomic E-state index is 0.0553. The van der Waals surface area contributed by atoms with Crippen LogP contribution in [0, 0.1) is 5.92 Å². The van der Waals surface area contributed by atoms with E-state index in [0.29, 0.717) is 18.2 Å². The number of nitrogens with zero attached hydrogens (tertiary/aromatic N) is 1. The first-order valence-electron chi connectivity index (χ1n) is 9.76. The number of rotatable bonds is 5. The van der Waals surface area contributed by atoms with Gasteiger partial charge in [-0.2, -0.15) is 0 Å². The van der Waals surface area contributed by atoms with Gasteiger partial charge in [0.15, 0.2) is 5.76 Å². The van der Waals surface area contributed by atoms with Crippen molar-refractivity contribution in [1.82, 2.24) is 15.8 Å². The van der Waals surface area contributed by atoms with Crippen molar-refractivity contribution in [3.8, 4) is 0 Å². The Morgan fingerprint density at radius 1 is 1.37 bits per heavy atom. The van der Waals surface area contributed by atoms with E-state index in [0.717, 1.165) is 56.0 Å². The fourth-order valence-corrected chi connectivity index (χ4v) is 5.27. The van der Waals surface area contributed by atoms with Gasteiger partial charge in [-0.1, -0.05) is 19.0 Å². The van der Waals surface area contributed by atoms with Crippen molar-refractivity contribution in [3.05, 3.63) is 38.9 Å². The second-order valence-electron chi connectivity index (χ2n) is 7.87. The molecule has 4 heterocycles. The van der Waals surface area contributed by atoms with Crippen molar-refractivity contribution in [1.29, 1.82) is 0 Å². The quantitative estimate of drug-likeness (QED) is 0.822. The Morgan fingerprint density at radius 3 is 2.96 bits per heavy atom. The zero-order valence-corrected chi connectivity index (χ0v) is 16.8. The number of ether oxygens (including phenoxy) is 1. The average molecular weight is 390 g/mol. The van der Waals surface area contributed by atoms with E-state index in [1.54, 1.807) is 11.3 Å². The van der Waals surface area contributed by atoms with Crippen molar-refractivity contribution in [2.45, 2.75) is 51.7 Å². The fourth-order valence-electron chi connectivity index (χ4n) is 3.94. The highest BCUT2D eigenvalue weighted by Crippen LogP contribution is 2.44. The smallest absolute Gasteiger partial charge is 0.261 e. The maximum absolute atomic E-state index is 12.7. The first-order valence-corrected chi connectivity index (χ1v) is 10.6. The van der Waals surface area contributed by atoms with Gasteiger partial charge in [0.05, 0.1) is 23.7 Å². The standard InChI is InChI=1S/C20H27N3O3S/c1-13(2)9-15-11-16(26-23-15)12-22-19(24)17-10-14-3-8-25-20(18(14)27-17)4-6-21-7-5-20/h10-11,13,21H,3-9,12H2,1-2H3,(H,22,24). The van der Waals surface area contributed by atoms with Crippen LogP contribution in [0.1, 0.15) is 58.3 Å². The summed E-state index contributed by atoms with van der Waals surface area (Å²) in [7, 11) is 0. The topological polar surface area (TPSA) is 76.4 Å². The fraction of sp³-hybridized carbons (Fsp3) is 0.600. The van der Waals surface area contributed by atoms with Gasteiger partial charge in [-0.05, 0) is 56.3 Å². The number of piperidine rings is 1. The molecule has 2 N–H and O–H groups in total. The van der Waals surface area contributed by atoms with Crippen LogP contribution in [0.4, 0.5) is 0 Å². The lowest BCUT2D eigenvalue weighted by atomic mass is 9.86. The van der Waals surface area contributed by atoms with Gasteiger partial charge in [-0.3, -0.25) is 4.79 Å². The second-order valence-corrected chi connectivity index (χ2v) is 8.93. The van der Waals surface area contributed by atoms with E-state index >= 15 is 0 Å². The molecule has 0 saturated carbocycles. The van der Waals surface area contributed by atoms with Crippen LogP contribution in [0.3, 0.4) is 0 Å². The molecule has 1 saturated heterocycles. The summed E-state index contributed by atoms with van der Waals surface area (Å²) in [6.07, 6.45) is 3.71. The number of carbonyl (C=O) groups excluding carboxylic acids is 1. The third kappa shape index (κ3) is 3.95. The number of aromatic nitrogens is 1. The molecule has 1 amide bonds. The SMILES string of the molecule is CC(C)Cc1cc(CNC(=O)c2cc3c(s2)C2(CCNCC2)OCC3)on1. The van der Waals surface area contributed by atoms with Crippen LogP contribution in [0.2, 0.25) is 0 Å². The molecule has 7 heteroatoms. The molecule has 2 aliphatic rings. The Labute approximate surface area is 163 Å². The first-order chi connectivity index (χ1) is 13.1. The molecule has 2 aromatic heterocycles. The number of nitrogens with one attached hydrogen (secondary N) is 2. The second kappa shape index (κ2) is 7.73. The molecule has 2 aromatic rings. The third-order valence-electron chi connectivity index (χ3n) is 5.26. The van der Waals surface area contributed by atoms with Crippen LogP contribution < -0.4 is 10.6 Å². The molecule has 0 aliphatic carbocycles. The number of hydrogen-bond donors (Lipinski definition) is 2. The lowest BCUT2D eigenvalue weighted by Gasteiger charge is -2.40. The summed E-state index contributed by atoms with van der Waals surface area (Å²) >= 11 is 1.59. The monoisotopic (exact) mass is 389 g/mol. The molecule has 4 rings (SSSR count). The highest BCUT2D eigenvalue weighted by molar-refractivity contribution is 7.14. The lowest BCUT2D eigenvalue weighted by molar-refractivity contribution is -0.0771. The van der Waals surface area contributed by atoms with Gasteiger partial charge in [0.1, 0.15) is 5.60 Å². The number of thiophene rings is 1. The maximum atomic E-state index is 12.7. The zero-order chi connectivity index (χ0) is 18.9. The number of amides is 1. The largest absolute Gasteiger partial charge is 0.369 e. The zero-order valence-electron chi connectivity index (χ0n) is 16.0. The van der Waals surface area contributed by atoms with E-state index in [9.17, 15) is 4.79 Å². The maximum Gasteiger partial charge on any atom is 0.261 e. The summed E-state index contributed by atoms with van der Waals surface area (Å²) in [4.78, 5) is 14.7. The van der Waals surface area contributed by atoms with Gasteiger partial charge in [0.2, 0.25) is 0 Å². The van der Waals surface area contributed by atoms with Crippen molar-refractivity contribution < 1.29 is 14.1 Å². The van der Waals surface area contributed by atoms with Crippen LogP contribution in [-0.4, -0.2) is 30.8 Å². The van der Waals surface area contributed by atoms with Gasteiger partial charge in [0.25, 0.3) is 5.91 Å². The van der Waals surface area contributed by atoms with Gasteiger partial charge < -0.3 is 19.9 Å². The Hall–Kier alpha value is -1.70. The molecular formula is C20H27N3O3S. The summed E-state index contributed by atoms with van der Waals surface area (Å²) in [5.74, 6) is 1.17. The van der Waals surface area contributed by atoms with Crippen molar-refractivity contribution in [3.63, 3.8) is 0 Å². The molecule has 146 valence electrons. The van der Waals surface area contributed by atoms with Crippen LogP contribution in [0.25, 0.3) is 0 Å². The van der Waals surface area contributed by atoms with Gasteiger partial charge in [-0.25, -0.2) is 0 Å². The molecule has 0 atom stereocenters. The molecule has 1 spiro atoms. The molecule has 0 unspecified atom stereocenters. The summed E-state index contributed by atoms with van der Waals surface area (Å²) in [5, 5.41) is 10.4. The van der Waals surface area contributed by atoms with Crippen LogP contribution in [0.5, 0.6) is 0 Å². The van der Waals surface area contributed by atoms with E-state index in [4.69, 9.17) is 9.26 Å². The van der Waals surface area contributed by atoms with E-state index < -0.39 is 0 Å². The average Bonchev–Trinajstić information content (AvgIpc) is 3.28. The summed E-state index contributed by atoms with van der Waals surface area (Å²) in [6.45, 7) is 7.31. The predicted molar refractivity (Wildman–Crippen MR) is 104 cm³/mol. The van der Waals surface area contributed by atoms with Crippen LogP contribution >= 0.6 is 11.3 Å². The van der Waals surface area contributed by atoms with Gasteiger partial charge in [-0.15, -0.1) is 11.3 Å². The predicted octanol–water partition coefficient (Wildman–Crippen LogP) is 3.02. The Balaban J connectivity index is 1.43. The Bertz CT molecular complexity index is 805. The third-order valence-corrected chi connectivity index (χ3v) is 6.62. The first kappa shape index (κ1) is 18.7. The van der Waals surface area contributed by atoms with Crippen molar-refractivity contribution >= 4 is 17.2 Å². The highest BCUT2D eigenvalue weighted by Gasteiger charge is 2.41. The summed E-state index contributed by atoms with van der Waals surface area (Å²) in [6, 6.07) is 3.98. The molecule has 0 aromatic carbocycles. The highest BCUT2D eigenvalue weighted by atomic mass is 32.1. The summed E-state index contributed by atoms with van der Waals surface area (Å²) in [5.41, 5.74) is 2.02. The molecule has 6 nitrogen and oxygen atoms in total. The lowest BCUT2D eigenvalue weighted by Crippen LogP contribution is -2.43. The van der Waals surface area contributed by atoms with E-state index in [1.165, 1.54) is 10.4 Å². The van der Waals surface area contributed by atoms with Crippen LogP contribution in [-0.2, 0) is 29.7 Å². The molecule has 27 heavy (non-hydrogen) atoms.